The van der Waals surface area contributed by atoms with Crippen molar-refractivity contribution in [2.24, 2.45) is 0 Å². The number of hydrogen-bond acceptors (Lipinski definition) is 6. The zero-order chi connectivity index (χ0) is 18.5. The number of aromatic nitrogens is 2. The van der Waals surface area contributed by atoms with Crippen molar-refractivity contribution in [1.29, 1.82) is 0 Å². The average molecular weight is 381 g/mol. The predicted molar refractivity (Wildman–Crippen MR) is 97.5 cm³/mol. The van der Waals surface area contributed by atoms with E-state index in [-0.39, 0.29) is 23.6 Å². The van der Waals surface area contributed by atoms with Gasteiger partial charge in [0.25, 0.3) is 0 Å². The highest BCUT2D eigenvalue weighted by atomic mass is 35.5. The zero-order valence-corrected chi connectivity index (χ0v) is 16.3. The summed E-state index contributed by atoms with van der Waals surface area (Å²) < 4.78 is 11.4. The third kappa shape index (κ3) is 3.60. The Kier molecular flexibility index (Phi) is 4.47. The Morgan fingerprint density at radius 3 is 2.58 bits per heavy atom. The van der Waals surface area contributed by atoms with E-state index in [1.807, 2.05) is 20.8 Å². The van der Waals surface area contributed by atoms with Gasteiger partial charge in [0.05, 0.1) is 24.4 Å². The van der Waals surface area contributed by atoms with Crippen LogP contribution in [0.1, 0.15) is 44.9 Å². The normalized spacial score (nSPS) is 25.2. The van der Waals surface area contributed by atoms with Crippen molar-refractivity contribution in [1.82, 2.24) is 14.9 Å². The molecule has 0 aromatic carbocycles. The fraction of sp³-hybridized carbons (Fsp3) is 0.722. The van der Waals surface area contributed by atoms with Crippen LogP contribution in [0.5, 0.6) is 0 Å². The number of morpholine rings is 1. The monoisotopic (exact) mass is 380 g/mol. The van der Waals surface area contributed by atoms with Gasteiger partial charge in [0.1, 0.15) is 11.4 Å². The van der Waals surface area contributed by atoms with Crippen LogP contribution in [0, 0.1) is 0 Å². The van der Waals surface area contributed by atoms with Gasteiger partial charge in [0, 0.05) is 25.2 Å². The molecule has 0 unspecified atom stereocenters. The molecule has 1 aromatic rings. The summed E-state index contributed by atoms with van der Waals surface area (Å²) in [6.45, 7) is 8.28. The summed E-state index contributed by atoms with van der Waals surface area (Å²) in [4.78, 5) is 25.3. The molecule has 2 fully saturated rings. The molecule has 0 saturated carbocycles. The molecule has 2 atom stereocenters. The number of carbonyl (C=O) groups is 1. The van der Waals surface area contributed by atoms with Gasteiger partial charge in [-0.05, 0) is 51.6 Å². The van der Waals surface area contributed by atoms with Gasteiger partial charge >= 0.3 is 6.09 Å². The first-order chi connectivity index (χ1) is 12.3. The fourth-order valence-electron chi connectivity index (χ4n) is 3.91. The highest BCUT2D eigenvalue weighted by Crippen LogP contribution is 2.33. The summed E-state index contributed by atoms with van der Waals surface area (Å²) in [5, 5.41) is 0.226. The molecule has 2 saturated heterocycles. The van der Waals surface area contributed by atoms with E-state index in [2.05, 4.69) is 14.9 Å². The minimum Gasteiger partial charge on any atom is -0.444 e. The van der Waals surface area contributed by atoms with Crippen LogP contribution in [-0.4, -0.2) is 58.4 Å². The molecule has 3 aliphatic rings. The van der Waals surface area contributed by atoms with E-state index in [0.29, 0.717) is 19.5 Å². The number of ether oxygens (including phenoxy) is 2. The average Bonchev–Trinajstić information content (AvgIpc) is 2.90. The zero-order valence-electron chi connectivity index (χ0n) is 15.5. The second kappa shape index (κ2) is 6.53. The number of amides is 1. The largest absolute Gasteiger partial charge is 0.444 e. The summed E-state index contributed by atoms with van der Waals surface area (Å²) in [7, 11) is 0. The first-order valence-electron chi connectivity index (χ1n) is 9.22. The second-order valence-corrected chi connectivity index (χ2v) is 8.59. The number of anilines is 1. The maximum Gasteiger partial charge on any atom is 0.410 e. The molecule has 8 heteroatoms. The highest BCUT2D eigenvalue weighted by Gasteiger charge is 2.36. The maximum atomic E-state index is 12.4. The lowest BCUT2D eigenvalue weighted by molar-refractivity contribution is 0.0220. The predicted octanol–water partition coefficient (Wildman–Crippen LogP) is 2.79. The molecule has 26 heavy (non-hydrogen) atoms. The third-order valence-electron chi connectivity index (χ3n) is 5.01. The number of hydrogen-bond donors (Lipinski definition) is 0. The topological polar surface area (TPSA) is 67.8 Å². The summed E-state index contributed by atoms with van der Waals surface area (Å²) >= 11 is 6.21. The van der Waals surface area contributed by atoms with Crippen LogP contribution in [-0.2, 0) is 22.4 Å². The molecular formula is C18H25ClN4O3. The number of nitrogens with zero attached hydrogens (tertiary/aromatic N) is 4. The van der Waals surface area contributed by atoms with Crippen molar-refractivity contribution in [2.75, 3.05) is 24.5 Å². The Morgan fingerprint density at radius 1 is 1.23 bits per heavy atom. The van der Waals surface area contributed by atoms with Gasteiger partial charge in [-0.3, -0.25) is 0 Å². The smallest absolute Gasteiger partial charge is 0.410 e. The first-order valence-corrected chi connectivity index (χ1v) is 9.60. The van der Waals surface area contributed by atoms with Crippen LogP contribution >= 0.6 is 11.6 Å². The first kappa shape index (κ1) is 17.8. The van der Waals surface area contributed by atoms with Gasteiger partial charge in [0.2, 0.25) is 5.28 Å². The molecular weight excluding hydrogens is 356 g/mol. The van der Waals surface area contributed by atoms with Gasteiger partial charge in [-0.15, -0.1) is 0 Å². The molecule has 3 aliphatic heterocycles. The van der Waals surface area contributed by atoms with Crippen LogP contribution in [0.15, 0.2) is 0 Å². The lowest BCUT2D eigenvalue weighted by atomic mass is 10.0. The molecule has 142 valence electrons. The van der Waals surface area contributed by atoms with Gasteiger partial charge in [0.15, 0.2) is 0 Å². The molecule has 0 radical (unpaired) electrons. The lowest BCUT2D eigenvalue weighted by Gasteiger charge is -2.36. The standard InChI is InChI=1S/C18H25ClN4O3/c1-18(2,3)26-17(24)22-7-6-13-14(10-22)20-16(19)21-15(13)23-8-11-4-5-12(9-23)25-11/h11-12H,4-10H2,1-3H3/t11-,12+. The summed E-state index contributed by atoms with van der Waals surface area (Å²) in [5.41, 5.74) is 1.39. The van der Waals surface area contributed by atoms with Crippen molar-refractivity contribution < 1.29 is 14.3 Å². The van der Waals surface area contributed by atoms with E-state index in [1.54, 1.807) is 4.90 Å². The quantitative estimate of drug-likeness (QED) is 0.698. The van der Waals surface area contributed by atoms with E-state index in [4.69, 9.17) is 21.1 Å². The summed E-state index contributed by atoms with van der Waals surface area (Å²) in [6.07, 6.45) is 3.15. The fourth-order valence-corrected chi connectivity index (χ4v) is 4.09. The minimum absolute atomic E-state index is 0.226. The molecule has 2 bridgehead atoms. The van der Waals surface area contributed by atoms with Crippen molar-refractivity contribution >= 4 is 23.5 Å². The molecule has 1 aromatic heterocycles. The Hall–Kier alpha value is -1.60. The molecule has 4 rings (SSSR count). The Morgan fingerprint density at radius 2 is 1.92 bits per heavy atom. The van der Waals surface area contributed by atoms with Crippen LogP contribution in [0.25, 0.3) is 0 Å². The van der Waals surface area contributed by atoms with Gasteiger partial charge in [-0.1, -0.05) is 0 Å². The number of halogens is 1. The SMILES string of the molecule is CC(C)(C)OC(=O)N1CCc2c(nc(Cl)nc2N2C[C@H]3CC[C@@H](C2)O3)C1. The highest BCUT2D eigenvalue weighted by molar-refractivity contribution is 6.28. The van der Waals surface area contributed by atoms with Gasteiger partial charge < -0.3 is 19.3 Å². The Labute approximate surface area is 158 Å². The van der Waals surface area contributed by atoms with E-state index < -0.39 is 5.60 Å². The van der Waals surface area contributed by atoms with Gasteiger partial charge in [-0.2, -0.15) is 0 Å². The number of fused-ring (bicyclic) bond motifs is 3. The van der Waals surface area contributed by atoms with Crippen molar-refractivity contribution in [3.05, 3.63) is 16.5 Å². The Bertz CT molecular complexity index is 709. The van der Waals surface area contributed by atoms with Crippen LogP contribution in [0.2, 0.25) is 5.28 Å². The van der Waals surface area contributed by atoms with Crippen LogP contribution in [0.3, 0.4) is 0 Å². The third-order valence-corrected chi connectivity index (χ3v) is 5.18. The Balaban J connectivity index is 1.56. The molecule has 7 nitrogen and oxygen atoms in total. The second-order valence-electron chi connectivity index (χ2n) is 8.26. The maximum absolute atomic E-state index is 12.4. The van der Waals surface area contributed by atoms with Gasteiger partial charge in [-0.25, -0.2) is 14.8 Å². The van der Waals surface area contributed by atoms with E-state index in [0.717, 1.165) is 43.0 Å². The molecule has 4 heterocycles. The van der Waals surface area contributed by atoms with E-state index in [9.17, 15) is 4.79 Å². The molecule has 0 spiro atoms. The molecule has 0 N–H and O–H groups in total. The van der Waals surface area contributed by atoms with Crippen LogP contribution < -0.4 is 4.90 Å². The summed E-state index contributed by atoms with van der Waals surface area (Å²) in [6, 6.07) is 0. The van der Waals surface area contributed by atoms with Crippen molar-refractivity contribution in [3.63, 3.8) is 0 Å². The minimum atomic E-state index is -0.515. The number of carbonyl (C=O) groups excluding carboxylic acids is 1. The van der Waals surface area contributed by atoms with E-state index in [1.165, 1.54) is 0 Å². The molecule has 1 amide bonds. The van der Waals surface area contributed by atoms with E-state index >= 15 is 0 Å². The lowest BCUT2D eigenvalue weighted by Crippen LogP contribution is -2.45. The summed E-state index contributed by atoms with van der Waals surface area (Å²) in [5.74, 6) is 0.907. The van der Waals surface area contributed by atoms with Crippen molar-refractivity contribution in [3.8, 4) is 0 Å². The van der Waals surface area contributed by atoms with Crippen molar-refractivity contribution in [2.45, 2.75) is 64.4 Å². The number of rotatable bonds is 1. The van der Waals surface area contributed by atoms with Crippen LogP contribution in [0.4, 0.5) is 10.6 Å². The molecule has 0 aliphatic carbocycles.